The molecular weight excluding hydrogens is 272 g/mol. The molecule has 0 radical (unpaired) electrons. The number of carboxylic acid groups (broad SMARTS) is 1. The van der Waals surface area contributed by atoms with Crippen molar-refractivity contribution in [3.8, 4) is 0 Å². The van der Waals surface area contributed by atoms with Crippen molar-refractivity contribution in [2.75, 3.05) is 46.4 Å². The molecule has 0 spiro atoms. The van der Waals surface area contributed by atoms with Crippen molar-refractivity contribution in [1.29, 1.82) is 0 Å². The van der Waals surface area contributed by atoms with Gasteiger partial charge in [-0.2, -0.15) is 0 Å². The Bertz CT molecular complexity index is 289. The number of aliphatic carboxylic acids is 1. The molecule has 0 aromatic carbocycles. The third-order valence-electron chi connectivity index (χ3n) is 3.25. The molecule has 0 fully saturated rings. The fourth-order valence-electron chi connectivity index (χ4n) is 1.98. The maximum absolute atomic E-state index is 12.4. The van der Waals surface area contributed by atoms with Gasteiger partial charge in [0.15, 0.2) is 0 Å². The fraction of sp³-hybridized carbons (Fsp3) is 0.867. The third-order valence-corrected chi connectivity index (χ3v) is 3.25. The van der Waals surface area contributed by atoms with Gasteiger partial charge < -0.3 is 14.7 Å². The fourth-order valence-corrected chi connectivity index (χ4v) is 1.98. The van der Waals surface area contributed by atoms with E-state index >= 15 is 0 Å². The Morgan fingerprint density at radius 3 is 2.00 bits per heavy atom. The number of ether oxygens (including phenoxy) is 1. The second-order valence-corrected chi connectivity index (χ2v) is 5.19. The lowest BCUT2D eigenvalue weighted by atomic mass is 10.2. The van der Waals surface area contributed by atoms with Crippen molar-refractivity contribution in [3.63, 3.8) is 0 Å². The molecule has 0 rings (SSSR count). The van der Waals surface area contributed by atoms with E-state index in [0.29, 0.717) is 13.2 Å². The van der Waals surface area contributed by atoms with E-state index in [1.807, 2.05) is 4.90 Å². The topological polar surface area (TPSA) is 70.1 Å². The number of nitrogens with zero attached hydrogens (tertiary/aromatic N) is 2. The van der Waals surface area contributed by atoms with Crippen LogP contribution in [0.15, 0.2) is 0 Å². The van der Waals surface area contributed by atoms with E-state index in [2.05, 4.69) is 13.8 Å². The van der Waals surface area contributed by atoms with Gasteiger partial charge in [0.1, 0.15) is 0 Å². The number of rotatable bonds is 13. The Hall–Kier alpha value is -1.14. The predicted octanol–water partition coefficient (Wildman–Crippen LogP) is 1.45. The zero-order valence-electron chi connectivity index (χ0n) is 13.6. The average Bonchev–Trinajstić information content (AvgIpc) is 2.44. The van der Waals surface area contributed by atoms with Crippen molar-refractivity contribution in [2.45, 2.75) is 39.5 Å². The summed E-state index contributed by atoms with van der Waals surface area (Å²) in [6.07, 6.45) is 4.04. The molecule has 0 saturated carbocycles. The quantitative estimate of drug-likeness (QED) is 0.557. The summed E-state index contributed by atoms with van der Waals surface area (Å²) in [5.74, 6) is -0.915. The Labute approximate surface area is 128 Å². The third kappa shape index (κ3) is 10.3. The van der Waals surface area contributed by atoms with Gasteiger partial charge in [-0.1, -0.05) is 26.7 Å². The molecule has 0 aliphatic heterocycles. The van der Waals surface area contributed by atoms with E-state index in [0.717, 1.165) is 38.8 Å². The van der Waals surface area contributed by atoms with Crippen LogP contribution in [0.3, 0.4) is 0 Å². The summed E-state index contributed by atoms with van der Waals surface area (Å²) in [7, 11) is 1.57. The minimum atomic E-state index is -0.924. The van der Waals surface area contributed by atoms with Gasteiger partial charge in [-0.25, -0.2) is 0 Å². The first-order chi connectivity index (χ1) is 10.0. The number of hydrogen-bond donors (Lipinski definition) is 1. The predicted molar refractivity (Wildman–Crippen MR) is 82.3 cm³/mol. The number of carbonyl (C=O) groups excluding carboxylic acids is 1. The number of carboxylic acids is 1. The van der Waals surface area contributed by atoms with Gasteiger partial charge >= 0.3 is 5.97 Å². The number of amides is 1. The van der Waals surface area contributed by atoms with E-state index < -0.39 is 5.97 Å². The first-order valence-electron chi connectivity index (χ1n) is 7.75. The van der Waals surface area contributed by atoms with Crippen LogP contribution in [0, 0.1) is 0 Å². The second kappa shape index (κ2) is 12.6. The van der Waals surface area contributed by atoms with E-state index in [1.165, 1.54) is 0 Å². The second-order valence-electron chi connectivity index (χ2n) is 5.19. The first kappa shape index (κ1) is 19.9. The van der Waals surface area contributed by atoms with Gasteiger partial charge in [-0.05, 0) is 12.8 Å². The van der Waals surface area contributed by atoms with Crippen LogP contribution in [-0.2, 0) is 14.3 Å². The van der Waals surface area contributed by atoms with Crippen LogP contribution in [-0.4, -0.2) is 73.2 Å². The van der Waals surface area contributed by atoms with Crippen LogP contribution < -0.4 is 0 Å². The van der Waals surface area contributed by atoms with Crippen LogP contribution in [0.1, 0.15) is 39.5 Å². The highest BCUT2D eigenvalue weighted by molar-refractivity contribution is 5.79. The van der Waals surface area contributed by atoms with Gasteiger partial charge in [-0.15, -0.1) is 0 Å². The molecule has 0 aliphatic carbocycles. The molecule has 0 atom stereocenters. The first-order valence-corrected chi connectivity index (χ1v) is 7.75. The molecule has 0 bridgehead atoms. The van der Waals surface area contributed by atoms with Crippen LogP contribution in [0.5, 0.6) is 0 Å². The van der Waals surface area contributed by atoms with E-state index in [-0.39, 0.29) is 19.0 Å². The molecule has 0 unspecified atom stereocenters. The van der Waals surface area contributed by atoms with E-state index in [9.17, 15) is 9.59 Å². The van der Waals surface area contributed by atoms with Gasteiger partial charge in [-0.3, -0.25) is 14.5 Å². The standard InChI is InChI=1S/C15H30N2O4/c1-4-6-8-17(9-7-5-2)14(18)12-16(10-11-21-3)13-15(19)20/h4-13H2,1-3H3,(H,19,20). The van der Waals surface area contributed by atoms with Crippen molar-refractivity contribution in [3.05, 3.63) is 0 Å². The highest BCUT2D eigenvalue weighted by atomic mass is 16.5. The number of carbonyl (C=O) groups is 2. The largest absolute Gasteiger partial charge is 0.480 e. The molecule has 0 heterocycles. The zero-order chi connectivity index (χ0) is 16.1. The lowest BCUT2D eigenvalue weighted by molar-refractivity contribution is -0.140. The molecule has 6 heteroatoms. The van der Waals surface area contributed by atoms with Crippen molar-refractivity contribution in [1.82, 2.24) is 9.80 Å². The molecule has 124 valence electrons. The Balaban J connectivity index is 4.50. The molecule has 0 aromatic heterocycles. The number of unbranched alkanes of at least 4 members (excludes halogenated alkanes) is 2. The molecule has 6 nitrogen and oxygen atoms in total. The highest BCUT2D eigenvalue weighted by Crippen LogP contribution is 2.02. The summed E-state index contributed by atoms with van der Waals surface area (Å²) in [5.41, 5.74) is 0. The summed E-state index contributed by atoms with van der Waals surface area (Å²) in [5, 5.41) is 8.91. The summed E-state index contributed by atoms with van der Waals surface area (Å²) >= 11 is 0. The van der Waals surface area contributed by atoms with Gasteiger partial charge in [0, 0.05) is 26.7 Å². The van der Waals surface area contributed by atoms with Crippen molar-refractivity contribution in [2.24, 2.45) is 0 Å². The maximum Gasteiger partial charge on any atom is 0.317 e. The molecule has 1 amide bonds. The Morgan fingerprint density at radius 1 is 1.00 bits per heavy atom. The Kier molecular flexibility index (Phi) is 11.9. The lowest BCUT2D eigenvalue weighted by Crippen LogP contribution is -2.44. The van der Waals surface area contributed by atoms with Crippen LogP contribution >= 0.6 is 0 Å². The summed E-state index contributed by atoms with van der Waals surface area (Å²) in [4.78, 5) is 26.7. The monoisotopic (exact) mass is 302 g/mol. The van der Waals surface area contributed by atoms with Crippen LogP contribution in [0.25, 0.3) is 0 Å². The maximum atomic E-state index is 12.4. The van der Waals surface area contributed by atoms with E-state index in [1.54, 1.807) is 12.0 Å². The van der Waals surface area contributed by atoms with Crippen molar-refractivity contribution >= 4 is 11.9 Å². The Morgan fingerprint density at radius 2 is 1.57 bits per heavy atom. The lowest BCUT2D eigenvalue weighted by Gasteiger charge is -2.26. The van der Waals surface area contributed by atoms with E-state index in [4.69, 9.17) is 9.84 Å². The minimum absolute atomic E-state index is 0.00857. The number of methoxy groups -OCH3 is 1. The van der Waals surface area contributed by atoms with Crippen LogP contribution in [0.4, 0.5) is 0 Å². The smallest absolute Gasteiger partial charge is 0.317 e. The molecule has 0 aliphatic rings. The average molecular weight is 302 g/mol. The normalized spacial score (nSPS) is 10.9. The minimum Gasteiger partial charge on any atom is -0.480 e. The summed E-state index contributed by atoms with van der Waals surface area (Å²) in [6.45, 7) is 6.57. The SMILES string of the molecule is CCCCN(CCCC)C(=O)CN(CCOC)CC(=O)O. The molecule has 21 heavy (non-hydrogen) atoms. The summed E-state index contributed by atoms with van der Waals surface area (Å²) < 4.78 is 4.97. The summed E-state index contributed by atoms with van der Waals surface area (Å²) in [6, 6.07) is 0. The van der Waals surface area contributed by atoms with Crippen LogP contribution in [0.2, 0.25) is 0 Å². The molecule has 1 N–H and O–H groups in total. The van der Waals surface area contributed by atoms with Gasteiger partial charge in [0.25, 0.3) is 0 Å². The van der Waals surface area contributed by atoms with Gasteiger partial charge in [0.2, 0.25) is 5.91 Å². The van der Waals surface area contributed by atoms with Crippen molar-refractivity contribution < 1.29 is 19.4 Å². The molecular formula is C15H30N2O4. The zero-order valence-corrected chi connectivity index (χ0v) is 13.6. The number of hydrogen-bond acceptors (Lipinski definition) is 4. The molecule has 0 aromatic rings. The molecule has 0 saturated heterocycles. The van der Waals surface area contributed by atoms with Gasteiger partial charge in [0.05, 0.1) is 19.7 Å². The highest BCUT2D eigenvalue weighted by Gasteiger charge is 2.18.